The number of rotatable bonds is 1. The van der Waals surface area contributed by atoms with Crippen LogP contribution in [0.1, 0.15) is 0 Å². The molecule has 4 aromatic rings. The predicted octanol–water partition coefficient (Wildman–Crippen LogP) is 2.68. The topological polar surface area (TPSA) is 127 Å². The zero-order valence-corrected chi connectivity index (χ0v) is 17.4. The third kappa shape index (κ3) is 2.72. The number of nitrogens with zero attached hydrogens (tertiary/aromatic N) is 4. The van der Waals surface area contributed by atoms with E-state index in [2.05, 4.69) is 24.8 Å². The van der Waals surface area contributed by atoms with Crippen LogP contribution in [0.15, 0.2) is 35.4 Å². The number of ether oxygens (including phenoxy) is 1. The summed E-state index contributed by atoms with van der Waals surface area (Å²) in [7, 11) is 0. The number of aromatic nitrogens is 4. The number of para-hydroxylation sites is 1. The molecule has 1 saturated heterocycles. The number of piperazine rings is 1. The third-order valence-electron chi connectivity index (χ3n) is 6.09. The summed E-state index contributed by atoms with van der Waals surface area (Å²) in [6.07, 6.45) is 0.539. The fourth-order valence-corrected chi connectivity index (χ4v) is 4.92. The average Bonchev–Trinajstić information content (AvgIpc) is 3.09. The molecule has 1 amide bonds. The molecule has 2 aromatic carbocycles. The molecule has 2 aliphatic rings. The number of aromatic amines is 2. The Morgan fingerprint density at radius 3 is 2.94 bits per heavy atom. The molecule has 0 unspecified atom stereocenters. The first kappa shape index (κ1) is 18.9. The lowest BCUT2D eigenvalue weighted by Gasteiger charge is -2.39. The lowest BCUT2D eigenvalue weighted by Crippen LogP contribution is -2.56. The Labute approximate surface area is 185 Å². The first-order valence-electron chi connectivity index (χ1n) is 10.1. The molecular formula is C21H17ClN6O4. The van der Waals surface area contributed by atoms with Crippen molar-refractivity contribution in [1.82, 2.24) is 24.8 Å². The summed E-state index contributed by atoms with van der Waals surface area (Å²) in [5, 5.41) is 10.5. The van der Waals surface area contributed by atoms with Crippen LogP contribution in [0.2, 0.25) is 5.02 Å². The number of benzene rings is 2. The van der Waals surface area contributed by atoms with Crippen molar-refractivity contribution in [3.8, 4) is 16.9 Å². The highest BCUT2D eigenvalue weighted by molar-refractivity contribution is 6.37. The van der Waals surface area contributed by atoms with Crippen LogP contribution in [0, 0.1) is 0 Å². The molecule has 4 heterocycles. The molecule has 0 bridgehead atoms. The van der Waals surface area contributed by atoms with E-state index in [4.69, 9.17) is 16.3 Å². The fourth-order valence-electron chi connectivity index (χ4n) is 4.61. The van der Waals surface area contributed by atoms with Gasteiger partial charge in [-0.3, -0.25) is 0 Å². The van der Waals surface area contributed by atoms with Gasteiger partial charge in [-0.25, -0.2) is 19.6 Å². The van der Waals surface area contributed by atoms with E-state index >= 15 is 0 Å². The van der Waals surface area contributed by atoms with Crippen LogP contribution in [0.5, 0.6) is 5.75 Å². The monoisotopic (exact) mass is 452 g/mol. The van der Waals surface area contributed by atoms with Crippen molar-refractivity contribution in [2.45, 2.75) is 6.04 Å². The minimum atomic E-state index is -0.951. The van der Waals surface area contributed by atoms with Crippen LogP contribution in [0.25, 0.3) is 33.1 Å². The maximum absolute atomic E-state index is 11.9. The quantitative estimate of drug-likeness (QED) is 0.405. The Hall–Kier alpha value is -3.79. The van der Waals surface area contributed by atoms with E-state index in [1.54, 1.807) is 0 Å². The number of halogens is 1. The van der Waals surface area contributed by atoms with E-state index in [1.165, 1.54) is 11.2 Å². The zero-order valence-electron chi connectivity index (χ0n) is 16.6. The van der Waals surface area contributed by atoms with Gasteiger partial charge < -0.3 is 29.6 Å². The Morgan fingerprint density at radius 2 is 2.09 bits per heavy atom. The van der Waals surface area contributed by atoms with Gasteiger partial charge in [0.05, 0.1) is 33.0 Å². The number of nitrogens with one attached hydrogen (secondary N) is 2. The van der Waals surface area contributed by atoms with Crippen LogP contribution in [-0.2, 0) is 0 Å². The number of anilines is 1. The van der Waals surface area contributed by atoms with Crippen molar-refractivity contribution < 1.29 is 14.6 Å². The molecule has 0 saturated carbocycles. The van der Waals surface area contributed by atoms with E-state index < -0.39 is 6.09 Å². The van der Waals surface area contributed by atoms with Crippen LogP contribution < -0.4 is 15.3 Å². The van der Waals surface area contributed by atoms with Crippen molar-refractivity contribution >= 4 is 45.4 Å². The molecular weight excluding hydrogens is 436 g/mol. The number of carbonyl (C=O) groups is 1. The molecule has 32 heavy (non-hydrogen) atoms. The number of fused-ring (bicyclic) bond motifs is 3. The number of carboxylic acid groups (broad SMARTS) is 1. The minimum absolute atomic E-state index is 0.200. The summed E-state index contributed by atoms with van der Waals surface area (Å²) in [6.45, 7) is 1.43. The van der Waals surface area contributed by atoms with E-state index in [1.807, 2.05) is 24.3 Å². The van der Waals surface area contributed by atoms with E-state index in [0.717, 1.165) is 5.56 Å². The first-order chi connectivity index (χ1) is 15.5. The molecule has 1 atom stereocenters. The van der Waals surface area contributed by atoms with Gasteiger partial charge >= 0.3 is 11.8 Å². The second-order valence-corrected chi connectivity index (χ2v) is 8.23. The largest absolute Gasteiger partial charge is 0.489 e. The third-order valence-corrected chi connectivity index (χ3v) is 6.46. The van der Waals surface area contributed by atoms with Gasteiger partial charge in [-0.2, -0.15) is 0 Å². The number of hydrogen-bond donors (Lipinski definition) is 3. The lowest BCUT2D eigenvalue weighted by molar-refractivity contribution is 0.127. The van der Waals surface area contributed by atoms with Gasteiger partial charge in [0.15, 0.2) is 5.75 Å². The molecule has 10 nitrogen and oxygen atoms in total. The molecule has 6 rings (SSSR count). The van der Waals surface area contributed by atoms with Crippen molar-refractivity contribution in [2.24, 2.45) is 0 Å². The molecule has 2 aromatic heterocycles. The standard InChI is InChI=1S/C21H17ClN6O4/c22-16-12(11-2-1-3-13-17(11)26-20(29)25-13)6-14-15-18(16)32-8-10-7-27(21(30)31)4-5-28(10)19(15)24-9-23-14/h1-3,6,9-10H,4-5,7-8H2,(H,30,31)(H2,25,26,29)/t10-/m0/s1. The molecule has 2 aliphatic heterocycles. The summed E-state index contributed by atoms with van der Waals surface area (Å²) in [4.78, 5) is 41.3. The summed E-state index contributed by atoms with van der Waals surface area (Å²) in [6, 6.07) is 7.19. The van der Waals surface area contributed by atoms with Crippen LogP contribution >= 0.6 is 11.6 Å². The number of hydrogen-bond acceptors (Lipinski definition) is 6. The van der Waals surface area contributed by atoms with Gasteiger partial charge in [-0.1, -0.05) is 23.7 Å². The first-order valence-corrected chi connectivity index (χ1v) is 10.4. The van der Waals surface area contributed by atoms with Crippen molar-refractivity contribution in [3.05, 3.63) is 46.1 Å². The summed E-state index contributed by atoms with van der Waals surface area (Å²) in [5.41, 5.74) is 3.08. The lowest BCUT2D eigenvalue weighted by atomic mass is 10.0. The highest BCUT2D eigenvalue weighted by atomic mass is 35.5. The maximum Gasteiger partial charge on any atom is 0.407 e. The van der Waals surface area contributed by atoms with Crippen LogP contribution in [0.3, 0.4) is 0 Å². The Kier molecular flexibility index (Phi) is 4.06. The number of imidazole rings is 1. The molecule has 0 spiro atoms. The normalized spacial score (nSPS) is 17.8. The van der Waals surface area contributed by atoms with E-state index in [-0.39, 0.29) is 18.3 Å². The summed E-state index contributed by atoms with van der Waals surface area (Å²) >= 11 is 6.88. The predicted molar refractivity (Wildman–Crippen MR) is 119 cm³/mol. The summed E-state index contributed by atoms with van der Waals surface area (Å²) < 4.78 is 6.18. The van der Waals surface area contributed by atoms with Crippen molar-refractivity contribution in [2.75, 3.05) is 31.1 Å². The van der Waals surface area contributed by atoms with Crippen molar-refractivity contribution in [1.29, 1.82) is 0 Å². The second-order valence-electron chi connectivity index (χ2n) is 7.85. The second kappa shape index (κ2) is 6.86. The Balaban J connectivity index is 1.55. The average molecular weight is 453 g/mol. The van der Waals surface area contributed by atoms with Gasteiger partial charge in [-0.05, 0) is 12.1 Å². The zero-order chi connectivity index (χ0) is 22.0. The minimum Gasteiger partial charge on any atom is -0.489 e. The van der Waals surface area contributed by atoms with E-state index in [9.17, 15) is 14.7 Å². The van der Waals surface area contributed by atoms with Gasteiger partial charge in [0.25, 0.3) is 0 Å². The van der Waals surface area contributed by atoms with Gasteiger partial charge in [0.1, 0.15) is 18.8 Å². The number of H-pyrrole nitrogens is 2. The molecule has 3 N–H and O–H groups in total. The molecule has 162 valence electrons. The van der Waals surface area contributed by atoms with Crippen LogP contribution in [0.4, 0.5) is 10.6 Å². The van der Waals surface area contributed by atoms with Gasteiger partial charge in [0.2, 0.25) is 0 Å². The summed E-state index contributed by atoms with van der Waals surface area (Å²) in [5.74, 6) is 1.14. The van der Waals surface area contributed by atoms with E-state index in [0.29, 0.717) is 63.7 Å². The Morgan fingerprint density at radius 1 is 1.22 bits per heavy atom. The highest BCUT2D eigenvalue weighted by Crippen LogP contribution is 2.46. The van der Waals surface area contributed by atoms with Crippen molar-refractivity contribution in [3.63, 3.8) is 0 Å². The maximum atomic E-state index is 11.9. The molecule has 0 aliphatic carbocycles. The fraction of sp³-hybridized carbons (Fsp3) is 0.238. The molecule has 0 radical (unpaired) electrons. The van der Waals surface area contributed by atoms with Gasteiger partial charge in [0, 0.05) is 30.8 Å². The number of amides is 1. The van der Waals surface area contributed by atoms with Gasteiger partial charge in [-0.15, -0.1) is 0 Å². The Bertz CT molecular complexity index is 1460. The molecule has 1 fully saturated rings. The smallest absolute Gasteiger partial charge is 0.407 e. The highest BCUT2D eigenvalue weighted by Gasteiger charge is 2.35. The van der Waals surface area contributed by atoms with Crippen LogP contribution in [-0.4, -0.2) is 68.3 Å². The molecule has 11 heteroatoms. The SMILES string of the molecule is O=C(O)N1CCN2c3ncnc4cc(-c5cccc6[nH]c(=O)[nH]c56)c(Cl)c(c34)OC[C@@H]2C1.